The number of alkyl halides is 6. The number of halogens is 6. The molecule has 2 aromatic carbocycles. The summed E-state index contributed by atoms with van der Waals surface area (Å²) in [7, 11) is 0. The smallest absolute Gasteiger partial charge is 0.416 e. The van der Waals surface area contributed by atoms with Gasteiger partial charge in [0.15, 0.2) is 11.6 Å². The molecular formula is C32H34F6N10O5. The Bertz CT molecular complexity index is 1940. The Morgan fingerprint density at radius 2 is 1.19 bits per heavy atom. The van der Waals surface area contributed by atoms with Gasteiger partial charge in [0.1, 0.15) is 12.7 Å². The Hall–Kier alpha value is -5.48. The average Bonchev–Trinajstić information content (AvgIpc) is 3.71. The first-order valence-electron chi connectivity index (χ1n) is 15.5. The summed E-state index contributed by atoms with van der Waals surface area (Å²) in [6.07, 6.45) is -2.47. The molecule has 6 rings (SSSR count). The third kappa shape index (κ3) is 12.3. The minimum atomic E-state index is -4.45. The molecule has 1 amide bonds. The summed E-state index contributed by atoms with van der Waals surface area (Å²) in [4.78, 5) is 29.9. The van der Waals surface area contributed by atoms with Crippen LogP contribution in [-0.2, 0) is 21.9 Å². The zero-order chi connectivity index (χ0) is 39.1. The number of rotatable bonds is 7. The van der Waals surface area contributed by atoms with Gasteiger partial charge in [0.2, 0.25) is 0 Å². The maximum absolute atomic E-state index is 12.9. The van der Waals surface area contributed by atoms with Gasteiger partial charge in [-0.15, -0.1) is 10.2 Å². The molecule has 2 aromatic heterocycles. The van der Waals surface area contributed by atoms with Gasteiger partial charge in [0.05, 0.1) is 23.3 Å². The molecule has 0 bridgehead atoms. The minimum absolute atomic E-state index is 0.0826. The summed E-state index contributed by atoms with van der Waals surface area (Å²) < 4.78 is 79.4. The van der Waals surface area contributed by atoms with Crippen LogP contribution in [0.1, 0.15) is 22.3 Å². The number of aliphatic hydroxyl groups excluding tert-OH is 2. The third-order valence-electron chi connectivity index (χ3n) is 7.11. The molecule has 53 heavy (non-hydrogen) atoms. The Kier molecular flexibility index (Phi) is 12.8. The first-order chi connectivity index (χ1) is 24.7. The standard InChI is InChI=1S/C16H16F3N5O2.C13H10F3N3O2.C3H8N2O/c1-10-4-11(6-12(5-10)16(17,18)19)15-20-9-23(22-15)3-2-14(26)21-24-7-13(25)8-24;1-8-4-9(6-10(5-8)13(14,15)16)12-17-7-19(18-12)3-2-11(20)21;4-5-1-3(6)2-5/h2-6,9,13,25H,7-8H2,1H3,(H,21,26);2-7H,1H3,(H,20,21);3,6H,1-2,4H2/b2*3-2-;. The number of carbonyl (C=O) groups is 2. The number of hydrazine groups is 2. The van der Waals surface area contributed by atoms with E-state index >= 15 is 0 Å². The number of aliphatic carboxylic acids is 1. The number of aryl methyl sites for hydroxylation is 2. The van der Waals surface area contributed by atoms with Gasteiger partial charge in [-0.25, -0.2) is 34.1 Å². The molecule has 2 aliphatic heterocycles. The Morgan fingerprint density at radius 3 is 1.55 bits per heavy atom. The van der Waals surface area contributed by atoms with Crippen LogP contribution in [0.2, 0.25) is 0 Å². The molecule has 0 unspecified atom stereocenters. The van der Waals surface area contributed by atoms with Gasteiger partial charge in [0.25, 0.3) is 5.91 Å². The summed E-state index contributed by atoms with van der Waals surface area (Å²) in [6, 6.07) is 7.10. The van der Waals surface area contributed by atoms with Gasteiger partial charge in [0, 0.05) is 61.9 Å². The van der Waals surface area contributed by atoms with Crippen LogP contribution >= 0.6 is 0 Å². The molecule has 2 aliphatic rings. The highest BCUT2D eigenvalue weighted by Gasteiger charge is 2.32. The lowest BCUT2D eigenvalue weighted by molar-refractivity contribution is -0.138. The lowest BCUT2D eigenvalue weighted by Gasteiger charge is -2.35. The highest BCUT2D eigenvalue weighted by Crippen LogP contribution is 2.33. The number of nitrogens with one attached hydrogen (secondary N) is 1. The van der Waals surface area contributed by atoms with Gasteiger partial charge < -0.3 is 15.3 Å². The number of hydrogen-bond donors (Lipinski definition) is 5. The first-order valence-corrected chi connectivity index (χ1v) is 15.5. The Morgan fingerprint density at radius 1 is 0.755 bits per heavy atom. The van der Waals surface area contributed by atoms with Crippen LogP contribution in [0.3, 0.4) is 0 Å². The van der Waals surface area contributed by atoms with Crippen molar-refractivity contribution in [3.8, 4) is 22.8 Å². The summed E-state index contributed by atoms with van der Waals surface area (Å²) in [6.45, 7) is 5.11. The lowest BCUT2D eigenvalue weighted by atomic mass is 10.1. The van der Waals surface area contributed by atoms with Crippen molar-refractivity contribution >= 4 is 24.3 Å². The fraction of sp³-hybridized carbons (Fsp3) is 0.312. The number of hydrogen-bond acceptors (Lipinski definition) is 11. The number of nitrogens with two attached hydrogens (primary N) is 1. The molecule has 2 fully saturated rings. The minimum Gasteiger partial charge on any atom is -0.478 e. The molecule has 21 heteroatoms. The fourth-order valence-corrected chi connectivity index (χ4v) is 4.62. The normalized spacial score (nSPS) is 15.7. The summed E-state index contributed by atoms with van der Waals surface area (Å²) in [5.41, 5.74) is 2.32. The van der Waals surface area contributed by atoms with Crippen LogP contribution in [0.15, 0.2) is 61.2 Å². The van der Waals surface area contributed by atoms with Crippen LogP contribution < -0.4 is 11.3 Å². The van der Waals surface area contributed by atoms with E-state index in [0.717, 1.165) is 41.2 Å². The second-order valence-electron chi connectivity index (χ2n) is 11.9. The van der Waals surface area contributed by atoms with Crippen molar-refractivity contribution in [2.45, 2.75) is 38.4 Å². The van der Waals surface area contributed by atoms with Crippen molar-refractivity contribution in [3.63, 3.8) is 0 Å². The zero-order valence-electron chi connectivity index (χ0n) is 28.0. The molecule has 4 aromatic rings. The Labute approximate surface area is 297 Å². The first kappa shape index (κ1) is 40.3. The van der Waals surface area contributed by atoms with E-state index in [-0.39, 0.29) is 28.9 Å². The quantitative estimate of drug-likeness (QED) is 0.105. The molecular weight excluding hydrogens is 718 g/mol. The number of carbonyl (C=O) groups excluding carboxylic acids is 1. The van der Waals surface area contributed by atoms with Crippen molar-refractivity contribution in [1.29, 1.82) is 0 Å². The van der Waals surface area contributed by atoms with E-state index in [1.165, 1.54) is 35.7 Å². The second-order valence-corrected chi connectivity index (χ2v) is 11.9. The second kappa shape index (κ2) is 16.9. The van der Waals surface area contributed by atoms with E-state index < -0.39 is 41.5 Å². The fourth-order valence-electron chi connectivity index (χ4n) is 4.62. The predicted molar refractivity (Wildman–Crippen MR) is 176 cm³/mol. The van der Waals surface area contributed by atoms with Gasteiger partial charge >= 0.3 is 18.3 Å². The molecule has 2 saturated heterocycles. The van der Waals surface area contributed by atoms with Crippen LogP contribution in [0.4, 0.5) is 26.3 Å². The SMILES string of the molecule is Cc1cc(-c2ncn(/C=C\C(=O)NN3CC(O)C3)n2)cc(C(F)(F)F)c1.Cc1cc(-c2ncn(/C=C\C(=O)O)n2)cc(C(F)(F)F)c1.NN1CC(O)C1. The van der Waals surface area contributed by atoms with Crippen molar-refractivity contribution in [1.82, 2.24) is 45.0 Å². The molecule has 0 spiro atoms. The third-order valence-corrected chi connectivity index (χ3v) is 7.11. The average molecular weight is 753 g/mol. The summed E-state index contributed by atoms with van der Waals surface area (Å²) in [5.74, 6) is 3.77. The van der Waals surface area contributed by atoms with E-state index in [0.29, 0.717) is 37.3 Å². The number of aromatic nitrogens is 6. The van der Waals surface area contributed by atoms with Gasteiger partial charge in [-0.3, -0.25) is 16.1 Å². The highest BCUT2D eigenvalue weighted by atomic mass is 19.4. The predicted octanol–water partition coefficient (Wildman–Crippen LogP) is 2.81. The van der Waals surface area contributed by atoms with E-state index in [1.54, 1.807) is 29.9 Å². The number of nitrogens with zero attached hydrogens (tertiary/aromatic N) is 8. The van der Waals surface area contributed by atoms with E-state index in [4.69, 9.17) is 21.2 Å². The van der Waals surface area contributed by atoms with Crippen molar-refractivity contribution < 1.29 is 51.3 Å². The van der Waals surface area contributed by atoms with Crippen molar-refractivity contribution in [2.75, 3.05) is 26.2 Å². The topological polar surface area (TPSA) is 201 Å². The maximum atomic E-state index is 12.9. The molecule has 284 valence electrons. The molecule has 0 radical (unpaired) electrons. The number of carboxylic acid groups (broad SMARTS) is 1. The van der Waals surface area contributed by atoms with Gasteiger partial charge in [-0.1, -0.05) is 0 Å². The van der Waals surface area contributed by atoms with Crippen LogP contribution in [0.25, 0.3) is 35.2 Å². The number of amides is 1. The zero-order valence-corrected chi connectivity index (χ0v) is 28.0. The monoisotopic (exact) mass is 752 g/mol. The molecule has 0 saturated carbocycles. The number of carboxylic acids is 1. The van der Waals surface area contributed by atoms with Crippen LogP contribution in [0, 0.1) is 13.8 Å². The highest BCUT2D eigenvalue weighted by molar-refractivity contribution is 5.89. The van der Waals surface area contributed by atoms with E-state index in [1.807, 2.05) is 0 Å². The largest absolute Gasteiger partial charge is 0.478 e. The van der Waals surface area contributed by atoms with Crippen LogP contribution in [0.5, 0.6) is 0 Å². The summed E-state index contributed by atoms with van der Waals surface area (Å²) in [5, 5.41) is 37.2. The maximum Gasteiger partial charge on any atom is 0.416 e. The number of benzene rings is 2. The molecule has 0 atom stereocenters. The number of aliphatic hydroxyl groups is 2. The lowest BCUT2D eigenvalue weighted by Crippen LogP contribution is -2.58. The Balaban J connectivity index is 0.000000207. The van der Waals surface area contributed by atoms with Gasteiger partial charge in [-0.05, 0) is 61.4 Å². The number of β-amino-alcohol motifs (C(OH)–C–C–N with tert-alkyl or cyclic N) is 2. The molecule has 15 nitrogen and oxygen atoms in total. The van der Waals surface area contributed by atoms with Crippen molar-refractivity contribution in [3.05, 3.63) is 83.5 Å². The summed E-state index contributed by atoms with van der Waals surface area (Å²) >= 11 is 0. The molecule has 6 N–H and O–H groups in total. The van der Waals surface area contributed by atoms with Crippen molar-refractivity contribution in [2.24, 2.45) is 5.84 Å². The van der Waals surface area contributed by atoms with E-state index in [9.17, 15) is 35.9 Å². The molecule has 4 heterocycles. The van der Waals surface area contributed by atoms with E-state index in [2.05, 4.69) is 25.6 Å². The van der Waals surface area contributed by atoms with Gasteiger partial charge in [-0.2, -0.15) is 26.3 Å². The molecule has 0 aliphatic carbocycles. The van der Waals surface area contributed by atoms with Crippen LogP contribution in [-0.4, -0.2) is 105 Å².